The molecule has 1 rings (SSSR count). The monoisotopic (exact) mass is 346 g/mol. The standard InChI is InChI=1S/C16H26O6S/c1-14-6-8-15(9-7-14)23(18,19)22-13-5-12-21-16(2,3)20-11-4-10-17/h6-9,17H,4-5,10-13H2,1-3H3. The summed E-state index contributed by atoms with van der Waals surface area (Å²) in [5.74, 6) is -0.773. The first-order valence-electron chi connectivity index (χ1n) is 7.62. The molecule has 0 heterocycles. The maximum atomic E-state index is 12.0. The van der Waals surface area contributed by atoms with Crippen LogP contribution in [0.2, 0.25) is 0 Å². The van der Waals surface area contributed by atoms with Gasteiger partial charge in [-0.1, -0.05) is 17.7 Å². The Morgan fingerprint density at radius 1 is 1.00 bits per heavy atom. The molecule has 1 N–H and O–H groups in total. The Hall–Kier alpha value is -0.990. The van der Waals surface area contributed by atoms with E-state index in [1.54, 1.807) is 26.0 Å². The predicted molar refractivity (Wildman–Crippen MR) is 86.6 cm³/mol. The highest BCUT2D eigenvalue weighted by atomic mass is 32.2. The number of rotatable bonds is 11. The van der Waals surface area contributed by atoms with Gasteiger partial charge in [-0.25, -0.2) is 0 Å². The van der Waals surface area contributed by atoms with Gasteiger partial charge in [0.25, 0.3) is 10.1 Å². The third kappa shape index (κ3) is 7.90. The van der Waals surface area contributed by atoms with Crippen molar-refractivity contribution in [2.45, 2.75) is 44.3 Å². The Morgan fingerprint density at radius 2 is 1.57 bits per heavy atom. The molecule has 0 saturated heterocycles. The topological polar surface area (TPSA) is 82.1 Å². The van der Waals surface area contributed by atoms with E-state index in [0.29, 0.717) is 26.1 Å². The van der Waals surface area contributed by atoms with E-state index in [-0.39, 0.29) is 18.1 Å². The highest BCUT2D eigenvalue weighted by molar-refractivity contribution is 7.86. The van der Waals surface area contributed by atoms with Gasteiger partial charge in [0.05, 0.1) is 24.7 Å². The minimum absolute atomic E-state index is 0.0446. The molecule has 132 valence electrons. The summed E-state index contributed by atoms with van der Waals surface area (Å²) in [6.45, 7) is 6.27. The van der Waals surface area contributed by atoms with Crippen LogP contribution in [0.3, 0.4) is 0 Å². The van der Waals surface area contributed by atoms with Gasteiger partial charge < -0.3 is 14.6 Å². The van der Waals surface area contributed by atoms with E-state index in [4.69, 9.17) is 18.8 Å². The van der Waals surface area contributed by atoms with Crippen LogP contribution in [0.5, 0.6) is 0 Å². The molecule has 0 aliphatic heterocycles. The van der Waals surface area contributed by atoms with Crippen LogP contribution in [0.25, 0.3) is 0 Å². The van der Waals surface area contributed by atoms with Crippen LogP contribution in [0.1, 0.15) is 32.3 Å². The zero-order valence-electron chi connectivity index (χ0n) is 13.9. The lowest BCUT2D eigenvalue weighted by Crippen LogP contribution is -2.29. The zero-order chi connectivity index (χ0) is 17.3. The molecule has 23 heavy (non-hydrogen) atoms. The fourth-order valence-electron chi connectivity index (χ4n) is 1.74. The zero-order valence-corrected chi connectivity index (χ0v) is 14.8. The number of aliphatic hydroxyl groups is 1. The van der Waals surface area contributed by atoms with Crippen molar-refractivity contribution >= 4 is 10.1 Å². The van der Waals surface area contributed by atoms with Crippen LogP contribution >= 0.6 is 0 Å². The normalized spacial score (nSPS) is 12.5. The van der Waals surface area contributed by atoms with Gasteiger partial charge >= 0.3 is 0 Å². The Morgan fingerprint density at radius 3 is 2.13 bits per heavy atom. The van der Waals surface area contributed by atoms with Gasteiger partial charge in [0.2, 0.25) is 0 Å². The Kier molecular flexibility index (Phi) is 8.15. The molecular formula is C16H26O6S. The van der Waals surface area contributed by atoms with Crippen molar-refractivity contribution in [3.8, 4) is 0 Å². The van der Waals surface area contributed by atoms with Crippen molar-refractivity contribution in [1.82, 2.24) is 0 Å². The molecule has 0 aliphatic rings. The van der Waals surface area contributed by atoms with Crippen LogP contribution in [-0.4, -0.2) is 45.7 Å². The lowest BCUT2D eigenvalue weighted by Gasteiger charge is -2.25. The Bertz CT molecular complexity index is 550. The maximum absolute atomic E-state index is 12.0. The summed E-state index contributed by atoms with van der Waals surface area (Å²) in [4.78, 5) is 0.150. The first-order valence-corrected chi connectivity index (χ1v) is 9.02. The Balaban J connectivity index is 2.30. The van der Waals surface area contributed by atoms with Gasteiger partial charge in [0.1, 0.15) is 0 Å². The smallest absolute Gasteiger partial charge is 0.296 e. The van der Waals surface area contributed by atoms with Crippen molar-refractivity contribution in [3.05, 3.63) is 29.8 Å². The maximum Gasteiger partial charge on any atom is 0.296 e. The van der Waals surface area contributed by atoms with Crippen LogP contribution in [0.15, 0.2) is 29.2 Å². The number of aliphatic hydroxyl groups excluding tert-OH is 1. The molecule has 1 aromatic carbocycles. The molecular weight excluding hydrogens is 320 g/mol. The van der Waals surface area contributed by atoms with Crippen molar-refractivity contribution in [3.63, 3.8) is 0 Å². The van der Waals surface area contributed by atoms with Crippen LogP contribution in [-0.2, 0) is 23.8 Å². The predicted octanol–water partition coefficient (Wildman–Crippen LogP) is 2.24. The number of aryl methyl sites for hydroxylation is 1. The van der Waals surface area contributed by atoms with E-state index in [1.165, 1.54) is 12.1 Å². The van der Waals surface area contributed by atoms with Gasteiger partial charge in [-0.15, -0.1) is 0 Å². The average Bonchev–Trinajstić information content (AvgIpc) is 2.47. The van der Waals surface area contributed by atoms with Crippen molar-refractivity contribution in [2.24, 2.45) is 0 Å². The number of ether oxygens (including phenoxy) is 2. The molecule has 0 atom stereocenters. The molecule has 7 heteroatoms. The molecule has 0 amide bonds. The van der Waals surface area contributed by atoms with Crippen molar-refractivity contribution < 1.29 is 27.2 Å². The largest absolute Gasteiger partial charge is 0.396 e. The highest BCUT2D eigenvalue weighted by Gasteiger charge is 2.19. The average molecular weight is 346 g/mol. The molecule has 6 nitrogen and oxygen atoms in total. The third-order valence-electron chi connectivity index (χ3n) is 3.04. The van der Waals surface area contributed by atoms with Crippen LogP contribution in [0.4, 0.5) is 0 Å². The van der Waals surface area contributed by atoms with E-state index in [1.807, 2.05) is 6.92 Å². The lowest BCUT2D eigenvalue weighted by atomic mass is 10.2. The molecule has 0 aromatic heterocycles. The number of hydrogen-bond acceptors (Lipinski definition) is 6. The third-order valence-corrected chi connectivity index (χ3v) is 4.37. The van der Waals surface area contributed by atoms with E-state index in [0.717, 1.165) is 5.56 Å². The van der Waals surface area contributed by atoms with Crippen LogP contribution < -0.4 is 0 Å². The summed E-state index contributed by atoms with van der Waals surface area (Å²) in [5, 5.41) is 8.70. The second-order valence-electron chi connectivity index (χ2n) is 5.62. The molecule has 0 spiro atoms. The van der Waals surface area contributed by atoms with Gasteiger partial charge in [-0.05, 0) is 45.7 Å². The molecule has 0 aliphatic carbocycles. The van der Waals surface area contributed by atoms with Gasteiger partial charge in [-0.2, -0.15) is 8.42 Å². The van der Waals surface area contributed by atoms with Crippen LogP contribution in [0, 0.1) is 6.92 Å². The second-order valence-corrected chi connectivity index (χ2v) is 7.23. The summed E-state index contributed by atoms with van der Waals surface area (Å²) < 4.78 is 39.9. The van der Waals surface area contributed by atoms with Gasteiger partial charge in [0, 0.05) is 6.61 Å². The van der Waals surface area contributed by atoms with Crippen molar-refractivity contribution in [2.75, 3.05) is 26.4 Å². The number of hydrogen-bond donors (Lipinski definition) is 1. The Labute approximate surface area is 138 Å². The molecule has 1 aromatic rings. The fraction of sp³-hybridized carbons (Fsp3) is 0.625. The first kappa shape index (κ1) is 20.1. The van der Waals surface area contributed by atoms with E-state index in [2.05, 4.69) is 0 Å². The minimum atomic E-state index is -3.73. The van der Waals surface area contributed by atoms with Gasteiger partial charge in [0.15, 0.2) is 5.79 Å². The van der Waals surface area contributed by atoms with E-state index in [9.17, 15) is 8.42 Å². The molecule has 0 unspecified atom stereocenters. The summed E-state index contributed by atoms with van der Waals surface area (Å²) in [7, 11) is -3.73. The quantitative estimate of drug-likeness (QED) is 0.376. The SMILES string of the molecule is Cc1ccc(S(=O)(=O)OCCCOC(C)(C)OCCCO)cc1. The van der Waals surface area contributed by atoms with E-state index >= 15 is 0 Å². The number of benzene rings is 1. The highest BCUT2D eigenvalue weighted by Crippen LogP contribution is 2.15. The summed E-state index contributed by atoms with van der Waals surface area (Å²) in [5.41, 5.74) is 0.987. The van der Waals surface area contributed by atoms with Crippen molar-refractivity contribution in [1.29, 1.82) is 0 Å². The minimum Gasteiger partial charge on any atom is -0.396 e. The second kappa shape index (κ2) is 9.34. The summed E-state index contributed by atoms with van der Waals surface area (Å²) in [6, 6.07) is 6.51. The lowest BCUT2D eigenvalue weighted by molar-refractivity contribution is -0.215. The summed E-state index contributed by atoms with van der Waals surface area (Å²) >= 11 is 0. The molecule has 0 fully saturated rings. The van der Waals surface area contributed by atoms with Gasteiger partial charge in [-0.3, -0.25) is 4.18 Å². The summed E-state index contributed by atoms with van der Waals surface area (Å²) in [6.07, 6.45) is 0.975. The molecule has 0 saturated carbocycles. The fourth-order valence-corrected chi connectivity index (χ4v) is 2.69. The first-order chi connectivity index (χ1) is 10.8. The molecule has 0 bridgehead atoms. The molecule has 0 radical (unpaired) electrons. The van der Waals surface area contributed by atoms with E-state index < -0.39 is 15.9 Å².